The molecule has 0 unspecified atom stereocenters. The second-order valence-electron chi connectivity index (χ2n) is 3.27. The zero-order valence-corrected chi connectivity index (χ0v) is 8.59. The molecule has 0 aliphatic heterocycles. The number of nitrogens with one attached hydrogen (secondary N) is 1. The van der Waals surface area contributed by atoms with Crippen molar-refractivity contribution in [1.29, 1.82) is 0 Å². The first kappa shape index (κ1) is 11.4. The Morgan fingerprint density at radius 1 is 1.33 bits per heavy atom. The fraction of sp³-hybridized carbons (Fsp3) is 0.889. The van der Waals surface area contributed by atoms with Crippen molar-refractivity contribution in [3.05, 3.63) is 0 Å². The lowest BCUT2D eigenvalue weighted by molar-refractivity contribution is 0.610. The molecular formula is C9H21N3. The minimum atomic E-state index is 0.316. The monoisotopic (exact) mass is 171 g/mol. The lowest BCUT2D eigenvalue weighted by Gasteiger charge is -2.16. The van der Waals surface area contributed by atoms with Crippen LogP contribution in [0.1, 0.15) is 40.5 Å². The Labute approximate surface area is 75.4 Å². The standard InChI is InChI=1S/C9H21N3/c1-5-8(6-2)9(12-10)11-7(3)4/h7-8H,5-6,10H2,1-4H3,(H,11,12). The summed E-state index contributed by atoms with van der Waals surface area (Å²) in [5.41, 5.74) is 2.69. The van der Waals surface area contributed by atoms with E-state index in [0.717, 1.165) is 18.7 Å². The van der Waals surface area contributed by atoms with E-state index in [2.05, 4.69) is 38.1 Å². The van der Waals surface area contributed by atoms with Gasteiger partial charge in [-0.05, 0) is 26.7 Å². The summed E-state index contributed by atoms with van der Waals surface area (Å²) < 4.78 is 0. The molecule has 0 amide bonds. The summed E-state index contributed by atoms with van der Waals surface area (Å²) in [6, 6.07) is 0.316. The Bertz CT molecular complexity index is 137. The van der Waals surface area contributed by atoms with E-state index in [-0.39, 0.29) is 0 Å². The Morgan fingerprint density at radius 2 is 1.83 bits per heavy atom. The lowest BCUT2D eigenvalue weighted by Crippen LogP contribution is -2.36. The summed E-state index contributed by atoms with van der Waals surface area (Å²) in [5, 5.41) is 0. The maximum Gasteiger partial charge on any atom is 0.114 e. The van der Waals surface area contributed by atoms with Crippen molar-refractivity contribution in [2.24, 2.45) is 16.8 Å². The third-order valence-corrected chi connectivity index (χ3v) is 1.92. The van der Waals surface area contributed by atoms with E-state index >= 15 is 0 Å². The van der Waals surface area contributed by atoms with Crippen LogP contribution in [0.5, 0.6) is 0 Å². The molecule has 72 valence electrons. The number of nitrogens with two attached hydrogens (primary N) is 1. The molecule has 0 saturated carbocycles. The molecule has 3 nitrogen and oxygen atoms in total. The molecule has 3 N–H and O–H groups in total. The molecule has 0 radical (unpaired) electrons. The minimum absolute atomic E-state index is 0.316. The summed E-state index contributed by atoms with van der Waals surface area (Å²) in [7, 11) is 0. The fourth-order valence-electron chi connectivity index (χ4n) is 1.21. The number of rotatable bonds is 4. The van der Waals surface area contributed by atoms with Crippen LogP contribution in [0.3, 0.4) is 0 Å². The van der Waals surface area contributed by atoms with Crippen molar-refractivity contribution in [1.82, 2.24) is 5.43 Å². The molecule has 0 atom stereocenters. The van der Waals surface area contributed by atoms with Gasteiger partial charge in [0.25, 0.3) is 0 Å². The van der Waals surface area contributed by atoms with E-state index in [1.54, 1.807) is 0 Å². The quantitative estimate of drug-likeness (QED) is 0.293. The van der Waals surface area contributed by atoms with Gasteiger partial charge in [0.05, 0.1) is 0 Å². The highest BCUT2D eigenvalue weighted by Crippen LogP contribution is 2.08. The van der Waals surface area contributed by atoms with E-state index in [4.69, 9.17) is 5.84 Å². The van der Waals surface area contributed by atoms with Gasteiger partial charge >= 0.3 is 0 Å². The van der Waals surface area contributed by atoms with Crippen molar-refractivity contribution in [2.45, 2.75) is 46.6 Å². The van der Waals surface area contributed by atoms with E-state index in [0.29, 0.717) is 12.0 Å². The minimum Gasteiger partial charge on any atom is -0.312 e. The summed E-state index contributed by atoms with van der Waals surface area (Å²) in [6.45, 7) is 8.42. The van der Waals surface area contributed by atoms with E-state index in [1.165, 1.54) is 0 Å². The summed E-state index contributed by atoms with van der Waals surface area (Å²) in [5.74, 6) is 6.82. The molecule has 0 bridgehead atoms. The van der Waals surface area contributed by atoms with Crippen molar-refractivity contribution in [3.8, 4) is 0 Å². The van der Waals surface area contributed by atoms with Gasteiger partial charge in [-0.25, -0.2) is 5.84 Å². The maximum atomic E-state index is 5.39. The molecule has 0 rings (SSSR count). The highest BCUT2D eigenvalue weighted by atomic mass is 15.3. The summed E-state index contributed by atoms with van der Waals surface area (Å²) >= 11 is 0. The van der Waals surface area contributed by atoms with Crippen LogP contribution in [0.2, 0.25) is 0 Å². The first-order chi connectivity index (χ1) is 5.65. The van der Waals surface area contributed by atoms with E-state index < -0.39 is 0 Å². The molecule has 0 aliphatic carbocycles. The number of amidine groups is 1. The van der Waals surface area contributed by atoms with Crippen molar-refractivity contribution < 1.29 is 0 Å². The predicted molar refractivity (Wildman–Crippen MR) is 54.0 cm³/mol. The van der Waals surface area contributed by atoms with Gasteiger partial charge < -0.3 is 5.43 Å². The molecular weight excluding hydrogens is 150 g/mol. The second kappa shape index (κ2) is 6.00. The van der Waals surface area contributed by atoms with E-state index in [9.17, 15) is 0 Å². The van der Waals surface area contributed by atoms with Crippen LogP contribution >= 0.6 is 0 Å². The maximum absolute atomic E-state index is 5.39. The number of aliphatic imine (C=N–C) groups is 1. The van der Waals surface area contributed by atoms with Crippen LogP contribution in [-0.4, -0.2) is 11.9 Å². The Balaban J connectivity index is 4.29. The van der Waals surface area contributed by atoms with Gasteiger partial charge in [0, 0.05) is 12.0 Å². The van der Waals surface area contributed by atoms with Crippen molar-refractivity contribution in [3.63, 3.8) is 0 Å². The highest BCUT2D eigenvalue weighted by Gasteiger charge is 2.10. The van der Waals surface area contributed by atoms with Gasteiger partial charge in [0.1, 0.15) is 5.84 Å². The molecule has 0 saturated heterocycles. The molecule has 0 fully saturated rings. The Hall–Kier alpha value is -0.570. The zero-order chi connectivity index (χ0) is 9.56. The summed E-state index contributed by atoms with van der Waals surface area (Å²) in [4.78, 5) is 4.42. The van der Waals surface area contributed by atoms with Crippen LogP contribution in [0, 0.1) is 5.92 Å². The topological polar surface area (TPSA) is 50.4 Å². The fourth-order valence-corrected chi connectivity index (χ4v) is 1.21. The first-order valence-corrected chi connectivity index (χ1v) is 4.69. The van der Waals surface area contributed by atoms with E-state index in [1.807, 2.05) is 0 Å². The second-order valence-corrected chi connectivity index (χ2v) is 3.27. The first-order valence-electron chi connectivity index (χ1n) is 4.69. The molecule has 0 aromatic rings. The predicted octanol–water partition coefficient (Wildman–Crippen LogP) is 1.69. The van der Waals surface area contributed by atoms with Gasteiger partial charge in [0.15, 0.2) is 0 Å². The number of hydrazine groups is 1. The van der Waals surface area contributed by atoms with Gasteiger partial charge in [-0.1, -0.05) is 13.8 Å². The molecule has 0 aromatic heterocycles. The third-order valence-electron chi connectivity index (χ3n) is 1.92. The van der Waals surface area contributed by atoms with Crippen LogP contribution in [-0.2, 0) is 0 Å². The third kappa shape index (κ3) is 3.72. The Kier molecular flexibility index (Phi) is 5.72. The molecule has 0 aliphatic rings. The molecule has 12 heavy (non-hydrogen) atoms. The smallest absolute Gasteiger partial charge is 0.114 e. The number of hydrogen-bond acceptors (Lipinski definition) is 2. The molecule has 0 heterocycles. The number of nitrogens with zero attached hydrogens (tertiary/aromatic N) is 1. The average molecular weight is 171 g/mol. The SMILES string of the molecule is CCC(CC)C(=NC(C)C)NN. The van der Waals surface area contributed by atoms with Gasteiger partial charge in [0.2, 0.25) is 0 Å². The van der Waals surface area contributed by atoms with Crippen LogP contribution in [0.15, 0.2) is 4.99 Å². The van der Waals surface area contributed by atoms with Crippen molar-refractivity contribution in [2.75, 3.05) is 0 Å². The molecule has 0 aromatic carbocycles. The van der Waals surface area contributed by atoms with Gasteiger partial charge in [-0.15, -0.1) is 0 Å². The van der Waals surface area contributed by atoms with Gasteiger partial charge in [-0.3, -0.25) is 4.99 Å². The van der Waals surface area contributed by atoms with Crippen LogP contribution in [0.25, 0.3) is 0 Å². The Morgan fingerprint density at radius 3 is 2.08 bits per heavy atom. The lowest BCUT2D eigenvalue weighted by atomic mass is 10.0. The van der Waals surface area contributed by atoms with Crippen LogP contribution in [0.4, 0.5) is 0 Å². The van der Waals surface area contributed by atoms with Gasteiger partial charge in [-0.2, -0.15) is 0 Å². The molecule has 0 spiro atoms. The largest absolute Gasteiger partial charge is 0.312 e. The zero-order valence-electron chi connectivity index (χ0n) is 8.59. The van der Waals surface area contributed by atoms with Crippen LogP contribution < -0.4 is 11.3 Å². The van der Waals surface area contributed by atoms with Crippen molar-refractivity contribution >= 4 is 5.84 Å². The average Bonchev–Trinajstić information content (AvgIpc) is 2.04. The molecule has 3 heteroatoms. The highest BCUT2D eigenvalue weighted by molar-refractivity contribution is 5.84. The number of hydrogen-bond donors (Lipinski definition) is 2. The summed E-state index contributed by atoms with van der Waals surface area (Å²) in [6.07, 6.45) is 2.18. The normalized spacial score (nSPS) is 12.8.